The largest absolute Gasteiger partial charge is 0.350 e. The zero-order chi connectivity index (χ0) is 16.1. The van der Waals surface area contributed by atoms with E-state index >= 15 is 0 Å². The maximum absolute atomic E-state index is 12.2. The molecular formula is C16H22N4O2. The van der Waals surface area contributed by atoms with Gasteiger partial charge in [-0.3, -0.25) is 10.2 Å². The summed E-state index contributed by atoms with van der Waals surface area (Å²) in [5.74, 6) is -0.337. The van der Waals surface area contributed by atoms with E-state index in [4.69, 9.17) is 0 Å². The van der Waals surface area contributed by atoms with Crippen LogP contribution in [0.1, 0.15) is 37.0 Å². The number of nitrogens with one attached hydrogen (secondary N) is 3. The number of aryl methyl sites for hydroxylation is 1. The Bertz CT molecular complexity index is 674. The van der Waals surface area contributed by atoms with Crippen LogP contribution < -0.4 is 16.2 Å². The summed E-state index contributed by atoms with van der Waals surface area (Å²) in [5.41, 5.74) is 6.33. The topological polar surface area (TPSA) is 75.2 Å². The zero-order valence-corrected chi connectivity index (χ0v) is 13.1. The molecule has 3 amide bonds. The van der Waals surface area contributed by atoms with Crippen molar-refractivity contribution < 1.29 is 9.59 Å². The number of benzene rings is 1. The van der Waals surface area contributed by atoms with Gasteiger partial charge in [0.1, 0.15) is 0 Å². The third-order valence-electron chi connectivity index (χ3n) is 3.75. The molecule has 0 unspecified atom stereocenters. The molecule has 0 fully saturated rings. The van der Waals surface area contributed by atoms with E-state index in [-0.39, 0.29) is 11.9 Å². The molecule has 0 spiro atoms. The molecule has 6 heteroatoms. The van der Waals surface area contributed by atoms with Gasteiger partial charge in [0.05, 0.1) is 5.56 Å². The van der Waals surface area contributed by atoms with Crippen LogP contribution in [0.5, 0.6) is 0 Å². The van der Waals surface area contributed by atoms with E-state index in [0.29, 0.717) is 5.56 Å². The van der Waals surface area contributed by atoms with E-state index in [1.54, 1.807) is 6.20 Å². The van der Waals surface area contributed by atoms with Crippen molar-refractivity contribution in [3.8, 4) is 0 Å². The van der Waals surface area contributed by atoms with Gasteiger partial charge in [-0.15, -0.1) is 0 Å². The first kappa shape index (κ1) is 15.9. The molecular weight excluding hydrogens is 280 g/mol. The van der Waals surface area contributed by atoms with Gasteiger partial charge >= 0.3 is 6.03 Å². The van der Waals surface area contributed by atoms with Crippen LogP contribution in [0.25, 0.3) is 10.9 Å². The highest BCUT2D eigenvalue weighted by Gasteiger charge is 2.14. The number of nitrogens with zero attached hydrogens (tertiary/aromatic N) is 1. The fourth-order valence-corrected chi connectivity index (χ4v) is 2.42. The Morgan fingerprint density at radius 2 is 1.82 bits per heavy atom. The molecule has 0 bridgehead atoms. The lowest BCUT2D eigenvalue weighted by molar-refractivity contribution is 0.0937. The molecule has 0 aliphatic rings. The number of para-hydroxylation sites is 1. The van der Waals surface area contributed by atoms with E-state index in [2.05, 4.69) is 16.2 Å². The zero-order valence-electron chi connectivity index (χ0n) is 13.1. The lowest BCUT2D eigenvalue weighted by Crippen LogP contribution is -2.49. The molecule has 0 aliphatic heterocycles. The summed E-state index contributed by atoms with van der Waals surface area (Å²) in [7, 11) is 1.88. The van der Waals surface area contributed by atoms with E-state index in [1.807, 2.05) is 49.7 Å². The standard InChI is InChI=1S/C16H22N4O2/c1-4-11(5-2)17-16(22)19-18-15(21)13-10-20(3)14-9-7-6-8-12(13)14/h6-11H,4-5H2,1-3H3,(H,18,21)(H2,17,19,22). The smallest absolute Gasteiger partial charge is 0.333 e. The average molecular weight is 302 g/mol. The van der Waals surface area contributed by atoms with Crippen LogP contribution in [0, 0.1) is 0 Å². The summed E-state index contributed by atoms with van der Waals surface area (Å²) in [6, 6.07) is 7.34. The van der Waals surface area contributed by atoms with Crippen LogP contribution >= 0.6 is 0 Å². The highest BCUT2D eigenvalue weighted by atomic mass is 16.2. The van der Waals surface area contributed by atoms with Crippen LogP contribution in [-0.4, -0.2) is 22.5 Å². The molecule has 6 nitrogen and oxygen atoms in total. The second-order valence-corrected chi connectivity index (χ2v) is 5.24. The van der Waals surface area contributed by atoms with Crippen LogP contribution in [-0.2, 0) is 7.05 Å². The van der Waals surface area contributed by atoms with E-state index < -0.39 is 6.03 Å². The number of aromatic nitrogens is 1. The quantitative estimate of drug-likeness (QED) is 0.758. The Hall–Kier alpha value is -2.50. The maximum atomic E-state index is 12.2. The summed E-state index contributed by atoms with van der Waals surface area (Å²) in [5, 5.41) is 3.65. The fourth-order valence-electron chi connectivity index (χ4n) is 2.42. The molecule has 1 aromatic heterocycles. The van der Waals surface area contributed by atoms with Crippen molar-refractivity contribution in [1.29, 1.82) is 0 Å². The van der Waals surface area contributed by atoms with Crippen molar-refractivity contribution in [2.24, 2.45) is 7.05 Å². The first-order chi connectivity index (χ1) is 10.6. The van der Waals surface area contributed by atoms with Gasteiger partial charge in [0, 0.05) is 30.2 Å². The van der Waals surface area contributed by atoms with Gasteiger partial charge in [-0.05, 0) is 18.9 Å². The first-order valence-corrected chi connectivity index (χ1v) is 7.47. The third-order valence-corrected chi connectivity index (χ3v) is 3.75. The van der Waals surface area contributed by atoms with Gasteiger partial charge in [0.15, 0.2) is 0 Å². The molecule has 2 rings (SSSR count). The molecule has 0 atom stereocenters. The predicted octanol–water partition coefficient (Wildman–Crippen LogP) is 2.31. The Kier molecular flexibility index (Phi) is 5.04. The van der Waals surface area contributed by atoms with Crippen molar-refractivity contribution in [2.45, 2.75) is 32.7 Å². The van der Waals surface area contributed by atoms with Gasteiger partial charge in [-0.25, -0.2) is 10.2 Å². The monoisotopic (exact) mass is 302 g/mol. The SMILES string of the molecule is CCC(CC)NC(=O)NNC(=O)c1cn(C)c2ccccc12. The van der Waals surface area contributed by atoms with Gasteiger partial charge in [0.2, 0.25) is 0 Å². The van der Waals surface area contributed by atoms with Crippen molar-refractivity contribution in [3.05, 3.63) is 36.0 Å². The van der Waals surface area contributed by atoms with Gasteiger partial charge < -0.3 is 9.88 Å². The van der Waals surface area contributed by atoms with Crippen LogP contribution in [0.4, 0.5) is 4.79 Å². The van der Waals surface area contributed by atoms with Gasteiger partial charge in [-0.1, -0.05) is 32.0 Å². The Morgan fingerprint density at radius 3 is 2.50 bits per heavy atom. The molecule has 2 aromatic rings. The Balaban J connectivity index is 2.01. The van der Waals surface area contributed by atoms with Crippen molar-refractivity contribution in [3.63, 3.8) is 0 Å². The minimum absolute atomic E-state index is 0.106. The first-order valence-electron chi connectivity index (χ1n) is 7.47. The van der Waals surface area contributed by atoms with Crippen molar-refractivity contribution >= 4 is 22.8 Å². The molecule has 0 saturated carbocycles. The number of hydrogen-bond acceptors (Lipinski definition) is 2. The summed E-state index contributed by atoms with van der Waals surface area (Å²) in [4.78, 5) is 24.0. The number of carbonyl (C=O) groups is 2. The van der Waals surface area contributed by atoms with E-state index in [1.165, 1.54) is 0 Å². The minimum atomic E-state index is -0.401. The number of hydrogen-bond donors (Lipinski definition) is 3. The Morgan fingerprint density at radius 1 is 1.14 bits per heavy atom. The summed E-state index contributed by atoms with van der Waals surface area (Å²) < 4.78 is 1.88. The van der Waals surface area contributed by atoms with Crippen molar-refractivity contribution in [1.82, 2.24) is 20.7 Å². The lowest BCUT2D eigenvalue weighted by atomic mass is 10.2. The highest BCUT2D eigenvalue weighted by molar-refractivity contribution is 6.07. The highest BCUT2D eigenvalue weighted by Crippen LogP contribution is 2.19. The molecule has 118 valence electrons. The number of rotatable bonds is 4. The summed E-state index contributed by atoms with van der Waals surface area (Å²) in [6.45, 7) is 4.01. The average Bonchev–Trinajstić information content (AvgIpc) is 2.88. The van der Waals surface area contributed by atoms with Gasteiger partial charge in [0.25, 0.3) is 5.91 Å². The Labute approximate surface area is 129 Å². The molecule has 1 heterocycles. The predicted molar refractivity (Wildman–Crippen MR) is 86.4 cm³/mol. The van der Waals surface area contributed by atoms with E-state index in [9.17, 15) is 9.59 Å². The summed E-state index contributed by atoms with van der Waals surface area (Å²) >= 11 is 0. The number of amides is 3. The van der Waals surface area contributed by atoms with Crippen molar-refractivity contribution in [2.75, 3.05) is 0 Å². The second-order valence-electron chi connectivity index (χ2n) is 5.24. The molecule has 0 saturated heterocycles. The lowest BCUT2D eigenvalue weighted by Gasteiger charge is -2.15. The molecule has 0 radical (unpaired) electrons. The maximum Gasteiger partial charge on any atom is 0.333 e. The summed E-state index contributed by atoms with van der Waals surface area (Å²) in [6.07, 6.45) is 3.45. The number of carbonyl (C=O) groups excluding carboxylic acids is 2. The molecule has 22 heavy (non-hydrogen) atoms. The van der Waals surface area contributed by atoms with E-state index in [0.717, 1.165) is 23.7 Å². The molecule has 0 aliphatic carbocycles. The number of fused-ring (bicyclic) bond motifs is 1. The number of hydrazine groups is 1. The fraction of sp³-hybridized carbons (Fsp3) is 0.375. The van der Waals surface area contributed by atoms with Crippen LogP contribution in [0.15, 0.2) is 30.5 Å². The minimum Gasteiger partial charge on any atom is -0.350 e. The number of urea groups is 1. The third kappa shape index (κ3) is 3.39. The van der Waals surface area contributed by atoms with Crippen LogP contribution in [0.3, 0.4) is 0 Å². The normalized spacial score (nSPS) is 10.7. The molecule has 1 aromatic carbocycles. The van der Waals surface area contributed by atoms with Crippen LogP contribution in [0.2, 0.25) is 0 Å². The second kappa shape index (κ2) is 6.98. The molecule has 3 N–H and O–H groups in total. The van der Waals surface area contributed by atoms with Gasteiger partial charge in [-0.2, -0.15) is 0 Å².